The Morgan fingerprint density at radius 2 is 1.59 bits per heavy atom. The van der Waals surface area contributed by atoms with Crippen LogP contribution >= 0.6 is 12.2 Å². The largest absolute Gasteiger partial charge is 0.339 e. The fourth-order valence-corrected chi connectivity index (χ4v) is 4.07. The molecule has 0 atom stereocenters. The number of thiocarbonyl (C=S) groups is 1. The minimum Gasteiger partial charge on any atom is -0.339 e. The van der Waals surface area contributed by atoms with Crippen LogP contribution in [0.25, 0.3) is 16.8 Å². The summed E-state index contributed by atoms with van der Waals surface area (Å²) in [6, 6.07) is 21.2. The van der Waals surface area contributed by atoms with Crippen molar-refractivity contribution >= 4 is 51.7 Å². The van der Waals surface area contributed by atoms with Crippen molar-refractivity contribution in [2.45, 2.75) is 19.3 Å². The van der Waals surface area contributed by atoms with Gasteiger partial charge in [-0.2, -0.15) is 0 Å². The summed E-state index contributed by atoms with van der Waals surface area (Å²) in [5, 5.41) is 8.05. The van der Waals surface area contributed by atoms with Crippen LogP contribution < -0.4 is 10.6 Å². The Hall–Kier alpha value is -3.51. The Labute approximate surface area is 193 Å². The molecule has 1 aliphatic heterocycles. The van der Waals surface area contributed by atoms with Crippen LogP contribution in [0.3, 0.4) is 0 Å². The quantitative estimate of drug-likeness (QED) is 0.440. The zero-order chi connectivity index (χ0) is 22.3. The molecule has 32 heavy (non-hydrogen) atoms. The van der Waals surface area contributed by atoms with Crippen molar-refractivity contribution in [3.8, 4) is 0 Å². The van der Waals surface area contributed by atoms with Crippen LogP contribution in [0.2, 0.25) is 0 Å². The molecule has 6 heteroatoms. The van der Waals surface area contributed by atoms with E-state index in [2.05, 4.69) is 10.6 Å². The molecule has 1 fully saturated rings. The predicted molar refractivity (Wildman–Crippen MR) is 134 cm³/mol. The van der Waals surface area contributed by atoms with Gasteiger partial charge in [-0.1, -0.05) is 42.5 Å². The molecule has 3 aromatic carbocycles. The van der Waals surface area contributed by atoms with E-state index in [0.29, 0.717) is 11.3 Å². The van der Waals surface area contributed by atoms with Gasteiger partial charge in [0, 0.05) is 30.4 Å². The van der Waals surface area contributed by atoms with E-state index in [-0.39, 0.29) is 16.9 Å². The highest BCUT2D eigenvalue weighted by atomic mass is 32.1. The number of benzene rings is 3. The molecule has 5 nitrogen and oxygen atoms in total. The summed E-state index contributed by atoms with van der Waals surface area (Å²) in [4.78, 5) is 26.8. The Morgan fingerprint density at radius 3 is 2.38 bits per heavy atom. The second-order valence-corrected chi connectivity index (χ2v) is 8.18. The number of nitrogens with zero attached hydrogens (tertiary/aromatic N) is 1. The monoisotopic (exact) mass is 443 g/mol. The normalized spacial score (nSPS) is 13.8. The third-order valence-electron chi connectivity index (χ3n) is 5.51. The third-order valence-corrected chi connectivity index (χ3v) is 5.71. The molecule has 0 aliphatic carbocycles. The highest BCUT2D eigenvalue weighted by Gasteiger charge is 2.17. The fourth-order valence-electron chi connectivity index (χ4n) is 3.85. The first-order chi connectivity index (χ1) is 15.6. The minimum absolute atomic E-state index is 0.0608. The van der Waals surface area contributed by atoms with Gasteiger partial charge in [0.25, 0.3) is 5.91 Å². The van der Waals surface area contributed by atoms with Crippen LogP contribution in [0.1, 0.15) is 35.2 Å². The maximum Gasteiger partial charge on any atom is 0.253 e. The van der Waals surface area contributed by atoms with Gasteiger partial charge in [-0.25, -0.2) is 0 Å². The van der Waals surface area contributed by atoms with Gasteiger partial charge >= 0.3 is 0 Å². The lowest BCUT2D eigenvalue weighted by molar-refractivity contribution is -0.115. The summed E-state index contributed by atoms with van der Waals surface area (Å²) < 4.78 is 0. The Kier molecular flexibility index (Phi) is 6.92. The molecule has 2 N–H and O–H groups in total. The van der Waals surface area contributed by atoms with Crippen LogP contribution in [-0.2, 0) is 4.79 Å². The first-order valence-corrected chi connectivity index (χ1v) is 11.2. The Balaban J connectivity index is 1.32. The van der Waals surface area contributed by atoms with E-state index in [1.807, 2.05) is 47.4 Å². The zero-order valence-corrected chi connectivity index (χ0v) is 18.5. The maximum absolute atomic E-state index is 12.6. The van der Waals surface area contributed by atoms with Gasteiger partial charge in [-0.3, -0.25) is 14.9 Å². The average Bonchev–Trinajstić information content (AvgIpc) is 2.83. The lowest BCUT2D eigenvalue weighted by atomic mass is 10.0. The highest BCUT2D eigenvalue weighted by molar-refractivity contribution is 7.80. The molecule has 0 saturated carbocycles. The average molecular weight is 444 g/mol. The van der Waals surface area contributed by atoms with Gasteiger partial charge in [0.15, 0.2) is 5.11 Å². The van der Waals surface area contributed by atoms with Crippen molar-refractivity contribution < 1.29 is 9.59 Å². The van der Waals surface area contributed by atoms with Gasteiger partial charge in [0.05, 0.1) is 0 Å². The van der Waals surface area contributed by atoms with Crippen molar-refractivity contribution in [2.75, 3.05) is 18.4 Å². The molecule has 1 saturated heterocycles. The van der Waals surface area contributed by atoms with Crippen molar-refractivity contribution in [1.82, 2.24) is 10.2 Å². The lowest BCUT2D eigenvalue weighted by Crippen LogP contribution is -2.35. The number of hydrogen-bond donors (Lipinski definition) is 2. The third kappa shape index (κ3) is 5.39. The molecule has 0 aromatic heterocycles. The molecule has 1 aliphatic rings. The van der Waals surface area contributed by atoms with E-state index >= 15 is 0 Å². The molecule has 2 amide bonds. The van der Waals surface area contributed by atoms with Crippen molar-refractivity contribution in [1.29, 1.82) is 0 Å². The molecule has 0 unspecified atom stereocenters. The number of likely N-dealkylation sites (tertiary alicyclic amines) is 1. The molecule has 4 rings (SSSR count). The summed E-state index contributed by atoms with van der Waals surface area (Å²) in [6.07, 6.45) is 6.56. The summed E-state index contributed by atoms with van der Waals surface area (Å²) >= 11 is 5.25. The highest BCUT2D eigenvalue weighted by Crippen LogP contribution is 2.19. The number of piperidine rings is 1. The summed E-state index contributed by atoms with van der Waals surface area (Å²) in [5.74, 6) is -0.252. The zero-order valence-electron chi connectivity index (χ0n) is 17.7. The van der Waals surface area contributed by atoms with Crippen molar-refractivity contribution in [2.24, 2.45) is 0 Å². The topological polar surface area (TPSA) is 61.4 Å². The van der Waals surface area contributed by atoms with E-state index in [1.165, 1.54) is 12.5 Å². The van der Waals surface area contributed by atoms with Gasteiger partial charge in [0.1, 0.15) is 0 Å². The number of anilines is 1. The second kappa shape index (κ2) is 10.2. The van der Waals surface area contributed by atoms with E-state index < -0.39 is 0 Å². The number of carbonyl (C=O) groups is 2. The maximum atomic E-state index is 12.6. The Morgan fingerprint density at radius 1 is 0.875 bits per heavy atom. The SMILES string of the molecule is O=C(/C=C/c1cccc2ccccc12)NC(=S)Nc1ccc(C(=O)N2CCCCC2)cc1. The van der Waals surface area contributed by atoms with Gasteiger partial charge in [0.2, 0.25) is 5.91 Å². The fraction of sp³-hybridized carbons (Fsp3) is 0.192. The molecule has 0 bridgehead atoms. The van der Waals surface area contributed by atoms with Gasteiger partial charge in [-0.15, -0.1) is 0 Å². The van der Waals surface area contributed by atoms with Crippen LogP contribution in [0.5, 0.6) is 0 Å². The van der Waals surface area contributed by atoms with Crippen LogP contribution in [0.4, 0.5) is 5.69 Å². The second-order valence-electron chi connectivity index (χ2n) is 7.78. The number of hydrogen-bond acceptors (Lipinski definition) is 3. The Bertz CT molecular complexity index is 1160. The van der Waals surface area contributed by atoms with E-state index in [4.69, 9.17) is 12.2 Å². The number of fused-ring (bicyclic) bond motifs is 1. The smallest absolute Gasteiger partial charge is 0.253 e. The number of nitrogens with one attached hydrogen (secondary N) is 2. The molecular formula is C26H25N3O2S. The van der Waals surface area contributed by atoms with Gasteiger partial charge in [-0.05, 0) is 78.2 Å². The van der Waals surface area contributed by atoms with E-state index in [0.717, 1.165) is 42.3 Å². The van der Waals surface area contributed by atoms with Crippen LogP contribution in [0, 0.1) is 0 Å². The summed E-state index contributed by atoms with van der Waals surface area (Å²) in [5.41, 5.74) is 2.33. The lowest BCUT2D eigenvalue weighted by Gasteiger charge is -2.26. The minimum atomic E-state index is -0.313. The predicted octanol–water partition coefficient (Wildman–Crippen LogP) is 4.99. The van der Waals surface area contributed by atoms with Crippen molar-refractivity contribution in [3.05, 3.63) is 83.9 Å². The van der Waals surface area contributed by atoms with Gasteiger partial charge < -0.3 is 10.2 Å². The summed E-state index contributed by atoms with van der Waals surface area (Å²) in [7, 11) is 0. The first-order valence-electron chi connectivity index (χ1n) is 10.8. The standard InChI is InChI=1S/C26H25N3O2S/c30-24(16-13-20-9-6-8-19-7-2-3-10-23(19)20)28-26(32)27-22-14-11-21(12-15-22)25(31)29-17-4-1-5-18-29/h2-3,6-16H,1,4-5,17-18H2,(H2,27,28,30,32)/b16-13+. The molecule has 0 radical (unpaired) electrons. The first kappa shape index (κ1) is 21.7. The molecule has 1 heterocycles. The number of rotatable bonds is 4. The van der Waals surface area contributed by atoms with E-state index in [9.17, 15) is 9.59 Å². The van der Waals surface area contributed by atoms with Crippen LogP contribution in [-0.4, -0.2) is 34.9 Å². The van der Waals surface area contributed by atoms with E-state index in [1.54, 1.807) is 30.3 Å². The van der Waals surface area contributed by atoms with Crippen LogP contribution in [0.15, 0.2) is 72.8 Å². The molecular weight excluding hydrogens is 418 g/mol. The number of carbonyl (C=O) groups excluding carboxylic acids is 2. The molecule has 162 valence electrons. The molecule has 0 spiro atoms. The molecule has 3 aromatic rings. The summed E-state index contributed by atoms with van der Waals surface area (Å²) in [6.45, 7) is 1.64. The van der Waals surface area contributed by atoms with Crippen molar-refractivity contribution in [3.63, 3.8) is 0 Å². The number of amides is 2.